The Hall–Kier alpha value is -3.78. The van der Waals surface area contributed by atoms with Crippen LogP contribution in [0.3, 0.4) is 0 Å². The molecule has 3 aromatic heterocycles. The van der Waals surface area contributed by atoms with Crippen LogP contribution < -0.4 is 15.4 Å². The zero-order valence-electron chi connectivity index (χ0n) is 18.9. The van der Waals surface area contributed by atoms with Crippen LogP contribution in [0.4, 0.5) is 43.8 Å². The molecule has 4 aromatic rings. The van der Waals surface area contributed by atoms with Gasteiger partial charge in [-0.2, -0.15) is 26.3 Å². The van der Waals surface area contributed by atoms with Crippen LogP contribution in [0.5, 0.6) is 5.75 Å². The third-order valence-electron chi connectivity index (χ3n) is 4.82. The van der Waals surface area contributed by atoms with Crippen LogP contribution in [0.15, 0.2) is 36.7 Å². The van der Waals surface area contributed by atoms with Gasteiger partial charge in [0.15, 0.2) is 6.61 Å². The molecule has 38 heavy (non-hydrogen) atoms. The number of anilines is 3. The molecule has 0 radical (unpaired) electrons. The lowest BCUT2D eigenvalue weighted by molar-refractivity contribution is -0.153. The molecule has 0 aliphatic heterocycles. The molecule has 8 nitrogen and oxygen atoms in total. The van der Waals surface area contributed by atoms with E-state index in [1.54, 1.807) is 0 Å². The summed E-state index contributed by atoms with van der Waals surface area (Å²) < 4.78 is 82.8. The minimum Gasteiger partial charge on any atom is -0.483 e. The summed E-state index contributed by atoms with van der Waals surface area (Å²) in [6, 6.07) is 4.14. The van der Waals surface area contributed by atoms with Crippen molar-refractivity contribution in [2.45, 2.75) is 19.3 Å². The van der Waals surface area contributed by atoms with Crippen molar-refractivity contribution >= 4 is 57.6 Å². The average molecular weight is 579 g/mol. The van der Waals surface area contributed by atoms with E-state index in [-0.39, 0.29) is 38.3 Å². The molecule has 0 saturated carbocycles. The molecule has 0 bridgehead atoms. The predicted molar refractivity (Wildman–Crippen MR) is 127 cm³/mol. The zero-order chi connectivity index (χ0) is 27.8. The van der Waals surface area contributed by atoms with Gasteiger partial charge in [0, 0.05) is 18.5 Å². The second-order valence-corrected chi connectivity index (χ2v) is 8.64. The number of fused-ring (bicyclic) bond motifs is 1. The number of pyridine rings is 2. The van der Waals surface area contributed by atoms with Crippen LogP contribution in [0.1, 0.15) is 21.6 Å². The number of aromatic amines is 1. The van der Waals surface area contributed by atoms with E-state index in [9.17, 15) is 31.1 Å². The zero-order valence-corrected chi connectivity index (χ0v) is 20.4. The number of amides is 1. The number of rotatable bonds is 6. The van der Waals surface area contributed by atoms with Gasteiger partial charge in [0.2, 0.25) is 5.95 Å². The summed E-state index contributed by atoms with van der Waals surface area (Å²) in [5.74, 6) is -1.99. The van der Waals surface area contributed by atoms with Crippen molar-refractivity contribution in [2.24, 2.45) is 0 Å². The van der Waals surface area contributed by atoms with Crippen molar-refractivity contribution in [1.82, 2.24) is 19.9 Å². The van der Waals surface area contributed by atoms with Crippen LogP contribution in [-0.4, -0.2) is 38.6 Å². The second kappa shape index (κ2) is 10.2. The molecule has 0 atom stereocenters. The molecule has 200 valence electrons. The molecule has 3 N–H and O–H groups in total. The Morgan fingerprint density at radius 1 is 1.03 bits per heavy atom. The first-order valence-electron chi connectivity index (χ1n) is 10.4. The summed E-state index contributed by atoms with van der Waals surface area (Å²) in [5, 5.41) is 5.28. The van der Waals surface area contributed by atoms with Gasteiger partial charge in [0.05, 0.1) is 32.3 Å². The quantitative estimate of drug-likeness (QED) is 0.214. The average Bonchev–Trinajstić information content (AvgIpc) is 3.19. The van der Waals surface area contributed by atoms with Crippen molar-refractivity contribution < 1.29 is 35.9 Å². The first-order valence-corrected chi connectivity index (χ1v) is 11.1. The van der Waals surface area contributed by atoms with Crippen LogP contribution in [0.2, 0.25) is 10.0 Å². The Kier molecular flexibility index (Phi) is 7.30. The number of H-pyrrole nitrogens is 1. The maximum Gasteiger partial charge on any atom is 0.433 e. The van der Waals surface area contributed by atoms with Crippen LogP contribution in [-0.2, 0) is 6.18 Å². The predicted octanol–water partition coefficient (Wildman–Crippen LogP) is 6.92. The second-order valence-electron chi connectivity index (χ2n) is 7.82. The fraction of sp³-hybridized carbons (Fsp3) is 0.182. The van der Waals surface area contributed by atoms with Gasteiger partial charge in [-0.1, -0.05) is 23.2 Å². The van der Waals surface area contributed by atoms with Crippen molar-refractivity contribution in [3.63, 3.8) is 0 Å². The van der Waals surface area contributed by atoms with Gasteiger partial charge in [-0.25, -0.2) is 9.97 Å². The van der Waals surface area contributed by atoms with Crippen LogP contribution in [0.25, 0.3) is 11.0 Å². The molecule has 0 aliphatic rings. The van der Waals surface area contributed by atoms with E-state index in [1.165, 1.54) is 25.4 Å². The first-order chi connectivity index (χ1) is 17.7. The number of imidazole rings is 1. The van der Waals surface area contributed by atoms with E-state index >= 15 is 0 Å². The number of hydrogen-bond donors (Lipinski definition) is 3. The maximum absolute atomic E-state index is 13.1. The van der Waals surface area contributed by atoms with E-state index in [4.69, 9.17) is 27.9 Å². The SMILES string of the molecule is Cc1cc(NC(=O)c2cc3nc(Nc4c(Cl)cncc4Cl)[nH]c3cc2OCC(F)(F)F)nc(C(F)(F)F)c1. The molecule has 0 saturated heterocycles. The Labute approximate surface area is 219 Å². The van der Waals surface area contributed by atoms with E-state index < -0.39 is 47.7 Å². The molecule has 0 fully saturated rings. The molecule has 0 aliphatic carbocycles. The molecular weight excluding hydrogens is 565 g/mol. The number of ether oxygens (including phenoxy) is 1. The Balaban J connectivity index is 1.71. The monoisotopic (exact) mass is 578 g/mol. The van der Waals surface area contributed by atoms with Gasteiger partial charge in [0.1, 0.15) is 17.3 Å². The standard InChI is InChI=1S/C22H14Cl2F6N6O2/c1-9-2-16(22(28,29)30)34-17(3-9)35-19(37)10-4-13-14(5-15(10)38-8-21(25,26)27)33-20(32-13)36-18-11(23)6-31-7-12(18)24/h2-7H,8H2,1H3,(H,34,35,37)(H2,31,32,33,36). The van der Waals surface area contributed by atoms with Gasteiger partial charge in [0.25, 0.3) is 5.91 Å². The third-order valence-corrected chi connectivity index (χ3v) is 5.39. The van der Waals surface area contributed by atoms with Gasteiger partial charge < -0.3 is 20.4 Å². The molecule has 16 heteroatoms. The van der Waals surface area contributed by atoms with E-state index in [2.05, 4.69) is 30.6 Å². The molecular formula is C22H14Cl2F6N6O2. The van der Waals surface area contributed by atoms with Crippen molar-refractivity contribution in [1.29, 1.82) is 0 Å². The molecule has 3 heterocycles. The lowest BCUT2D eigenvalue weighted by Crippen LogP contribution is -2.21. The highest BCUT2D eigenvalue weighted by Gasteiger charge is 2.33. The van der Waals surface area contributed by atoms with Gasteiger partial charge in [-0.3, -0.25) is 9.78 Å². The summed E-state index contributed by atoms with van der Waals surface area (Å²) in [7, 11) is 0. The fourth-order valence-electron chi connectivity index (χ4n) is 3.26. The maximum atomic E-state index is 13.1. The summed E-state index contributed by atoms with van der Waals surface area (Å²) in [6.45, 7) is -0.378. The van der Waals surface area contributed by atoms with E-state index in [0.717, 1.165) is 18.2 Å². The summed E-state index contributed by atoms with van der Waals surface area (Å²) in [6.07, 6.45) is -6.90. The number of carbonyl (C=O) groups is 1. The largest absolute Gasteiger partial charge is 0.483 e. The number of aromatic nitrogens is 4. The molecule has 1 amide bonds. The van der Waals surface area contributed by atoms with Crippen LogP contribution >= 0.6 is 23.2 Å². The third kappa shape index (κ3) is 6.37. The van der Waals surface area contributed by atoms with Gasteiger partial charge in [-0.15, -0.1) is 0 Å². The normalized spacial score (nSPS) is 12.0. The highest BCUT2D eigenvalue weighted by Crippen LogP contribution is 2.34. The molecule has 0 unspecified atom stereocenters. The van der Waals surface area contributed by atoms with Gasteiger partial charge in [-0.05, 0) is 30.7 Å². The van der Waals surface area contributed by atoms with Crippen molar-refractivity contribution in [2.75, 3.05) is 17.2 Å². The smallest absolute Gasteiger partial charge is 0.433 e. The minimum absolute atomic E-state index is 0.0597. The van der Waals surface area contributed by atoms with E-state index in [1.807, 2.05) is 0 Å². The summed E-state index contributed by atoms with van der Waals surface area (Å²) in [5.41, 5.74) is -1.05. The molecule has 4 rings (SSSR count). The number of alkyl halides is 6. The Bertz CT molecular complexity index is 1500. The van der Waals surface area contributed by atoms with E-state index in [0.29, 0.717) is 0 Å². The van der Waals surface area contributed by atoms with Crippen molar-refractivity contribution in [3.8, 4) is 5.75 Å². The van der Waals surface area contributed by atoms with Crippen LogP contribution in [0, 0.1) is 6.92 Å². The lowest BCUT2D eigenvalue weighted by atomic mass is 10.1. The van der Waals surface area contributed by atoms with Gasteiger partial charge >= 0.3 is 12.4 Å². The Morgan fingerprint density at radius 2 is 1.71 bits per heavy atom. The minimum atomic E-state index is -4.79. The summed E-state index contributed by atoms with van der Waals surface area (Å²) in [4.78, 5) is 27.2. The topological polar surface area (TPSA) is 105 Å². The lowest BCUT2D eigenvalue weighted by Gasteiger charge is -2.14. The van der Waals surface area contributed by atoms with Crippen molar-refractivity contribution in [3.05, 3.63) is 63.5 Å². The Morgan fingerprint density at radius 3 is 2.34 bits per heavy atom. The molecule has 0 spiro atoms. The number of hydrogen-bond acceptors (Lipinski definition) is 6. The fourth-order valence-corrected chi connectivity index (χ4v) is 3.72. The number of benzene rings is 1. The molecule has 1 aromatic carbocycles. The number of aryl methyl sites for hydroxylation is 1. The number of nitrogens with one attached hydrogen (secondary N) is 3. The number of halogens is 8. The highest BCUT2D eigenvalue weighted by molar-refractivity contribution is 6.39. The summed E-state index contributed by atoms with van der Waals surface area (Å²) >= 11 is 12.1. The number of carbonyl (C=O) groups excluding carboxylic acids is 1. The number of nitrogens with zero attached hydrogens (tertiary/aromatic N) is 3. The first kappa shape index (κ1) is 27.3. The highest BCUT2D eigenvalue weighted by atomic mass is 35.5.